The summed E-state index contributed by atoms with van der Waals surface area (Å²) in [7, 11) is 1.82. The molecule has 0 spiro atoms. The standard InChI is InChI=1S/C21H26FN3O2/c1-16(24(2)15-17-5-3-4-6-20(17)22)21(26)23-18-7-9-19(10-8-18)25-11-13-27-14-12-25/h3-10,16H,11-15H2,1-2H3,(H,23,26)/t16-/m0/s1. The second-order valence-corrected chi connectivity index (χ2v) is 6.82. The van der Waals surface area contributed by atoms with E-state index in [4.69, 9.17) is 4.74 Å². The van der Waals surface area contributed by atoms with E-state index in [0.717, 1.165) is 37.7 Å². The van der Waals surface area contributed by atoms with Crippen molar-refractivity contribution < 1.29 is 13.9 Å². The van der Waals surface area contributed by atoms with Crippen molar-refractivity contribution in [2.75, 3.05) is 43.6 Å². The highest BCUT2D eigenvalue weighted by Crippen LogP contribution is 2.19. The van der Waals surface area contributed by atoms with Gasteiger partial charge in [0.15, 0.2) is 0 Å². The molecule has 27 heavy (non-hydrogen) atoms. The van der Waals surface area contributed by atoms with Crippen LogP contribution in [-0.2, 0) is 16.1 Å². The van der Waals surface area contributed by atoms with Gasteiger partial charge in [0.25, 0.3) is 0 Å². The van der Waals surface area contributed by atoms with E-state index >= 15 is 0 Å². The number of anilines is 2. The van der Waals surface area contributed by atoms with E-state index in [1.165, 1.54) is 6.07 Å². The van der Waals surface area contributed by atoms with Crippen LogP contribution in [0.3, 0.4) is 0 Å². The predicted octanol–water partition coefficient (Wildman–Crippen LogP) is 3.12. The van der Waals surface area contributed by atoms with Crippen molar-refractivity contribution >= 4 is 17.3 Å². The normalized spacial score (nSPS) is 15.6. The van der Waals surface area contributed by atoms with Gasteiger partial charge in [0.1, 0.15) is 5.82 Å². The molecular weight excluding hydrogens is 345 g/mol. The van der Waals surface area contributed by atoms with E-state index in [9.17, 15) is 9.18 Å². The smallest absolute Gasteiger partial charge is 0.241 e. The van der Waals surface area contributed by atoms with Gasteiger partial charge in [-0.2, -0.15) is 0 Å². The van der Waals surface area contributed by atoms with E-state index in [1.54, 1.807) is 18.2 Å². The number of morpholine rings is 1. The molecule has 5 nitrogen and oxygen atoms in total. The van der Waals surface area contributed by atoms with E-state index in [0.29, 0.717) is 12.1 Å². The van der Waals surface area contributed by atoms with Crippen molar-refractivity contribution in [3.63, 3.8) is 0 Å². The molecule has 1 aliphatic rings. The minimum atomic E-state index is -0.386. The molecule has 2 aromatic carbocycles. The van der Waals surface area contributed by atoms with Crippen LogP contribution in [0.4, 0.5) is 15.8 Å². The van der Waals surface area contributed by atoms with Gasteiger partial charge in [-0.05, 0) is 44.3 Å². The average Bonchev–Trinajstić information content (AvgIpc) is 2.70. The number of carbonyl (C=O) groups is 1. The summed E-state index contributed by atoms with van der Waals surface area (Å²) < 4.78 is 19.2. The number of nitrogens with zero attached hydrogens (tertiary/aromatic N) is 2. The molecule has 144 valence electrons. The zero-order valence-electron chi connectivity index (χ0n) is 15.8. The van der Waals surface area contributed by atoms with Crippen molar-refractivity contribution in [2.45, 2.75) is 19.5 Å². The average molecular weight is 371 g/mol. The number of amides is 1. The molecule has 1 atom stereocenters. The predicted molar refractivity (Wildman–Crippen MR) is 105 cm³/mol. The second kappa shape index (κ2) is 8.97. The lowest BCUT2D eigenvalue weighted by molar-refractivity contribution is -0.120. The number of rotatable bonds is 6. The quantitative estimate of drug-likeness (QED) is 0.847. The fraction of sp³-hybridized carbons (Fsp3) is 0.381. The van der Waals surface area contributed by atoms with Crippen LogP contribution in [0.1, 0.15) is 12.5 Å². The van der Waals surface area contributed by atoms with Crippen LogP contribution in [0, 0.1) is 5.82 Å². The molecule has 3 rings (SSSR count). The lowest BCUT2D eigenvalue weighted by Crippen LogP contribution is -2.39. The van der Waals surface area contributed by atoms with Gasteiger partial charge in [-0.3, -0.25) is 9.69 Å². The van der Waals surface area contributed by atoms with Gasteiger partial charge >= 0.3 is 0 Å². The Bertz CT molecular complexity index is 760. The summed E-state index contributed by atoms with van der Waals surface area (Å²) in [5, 5.41) is 2.94. The number of hydrogen-bond donors (Lipinski definition) is 1. The molecule has 0 aromatic heterocycles. The Morgan fingerprint density at radius 1 is 1.19 bits per heavy atom. The largest absolute Gasteiger partial charge is 0.378 e. The first kappa shape index (κ1) is 19.3. The maximum atomic E-state index is 13.8. The SMILES string of the molecule is C[C@@H](C(=O)Nc1ccc(N2CCOCC2)cc1)N(C)Cc1ccccc1F. The van der Waals surface area contributed by atoms with E-state index in [2.05, 4.69) is 10.2 Å². The van der Waals surface area contributed by atoms with Gasteiger partial charge in [-0.1, -0.05) is 18.2 Å². The van der Waals surface area contributed by atoms with Crippen molar-refractivity contribution in [2.24, 2.45) is 0 Å². The van der Waals surface area contributed by atoms with E-state index in [1.807, 2.05) is 43.1 Å². The number of nitrogens with one attached hydrogen (secondary N) is 1. The van der Waals surface area contributed by atoms with Gasteiger partial charge in [-0.25, -0.2) is 4.39 Å². The Balaban J connectivity index is 1.56. The van der Waals surface area contributed by atoms with Crippen molar-refractivity contribution in [3.8, 4) is 0 Å². The van der Waals surface area contributed by atoms with Crippen LogP contribution in [0.15, 0.2) is 48.5 Å². The Morgan fingerprint density at radius 3 is 2.52 bits per heavy atom. The summed E-state index contributed by atoms with van der Waals surface area (Å²) in [5.41, 5.74) is 2.46. The minimum Gasteiger partial charge on any atom is -0.378 e. The Hall–Kier alpha value is -2.44. The fourth-order valence-corrected chi connectivity index (χ4v) is 3.06. The molecule has 1 aliphatic heterocycles. The first-order valence-corrected chi connectivity index (χ1v) is 9.22. The minimum absolute atomic E-state index is 0.118. The Labute approximate surface area is 159 Å². The van der Waals surface area contributed by atoms with Gasteiger partial charge in [0, 0.05) is 36.6 Å². The van der Waals surface area contributed by atoms with Crippen LogP contribution in [0.5, 0.6) is 0 Å². The number of ether oxygens (including phenoxy) is 1. The maximum absolute atomic E-state index is 13.8. The Kier molecular flexibility index (Phi) is 6.42. The molecule has 1 fully saturated rings. The number of hydrogen-bond acceptors (Lipinski definition) is 4. The van der Waals surface area contributed by atoms with Crippen LogP contribution in [0.25, 0.3) is 0 Å². The van der Waals surface area contributed by atoms with Gasteiger partial charge in [0.05, 0.1) is 19.3 Å². The van der Waals surface area contributed by atoms with Crippen LogP contribution in [0.2, 0.25) is 0 Å². The van der Waals surface area contributed by atoms with Crippen molar-refractivity contribution in [1.29, 1.82) is 0 Å². The molecule has 6 heteroatoms. The van der Waals surface area contributed by atoms with Crippen LogP contribution in [-0.4, -0.2) is 50.2 Å². The molecule has 1 amide bonds. The monoisotopic (exact) mass is 371 g/mol. The van der Waals surface area contributed by atoms with E-state index < -0.39 is 0 Å². The molecule has 2 aromatic rings. The maximum Gasteiger partial charge on any atom is 0.241 e. The van der Waals surface area contributed by atoms with Crippen LogP contribution < -0.4 is 10.2 Å². The molecule has 0 unspecified atom stereocenters. The zero-order chi connectivity index (χ0) is 19.2. The summed E-state index contributed by atoms with van der Waals surface area (Å²) in [6.45, 7) is 5.43. The molecule has 0 saturated carbocycles. The van der Waals surface area contributed by atoms with Crippen molar-refractivity contribution in [3.05, 3.63) is 59.9 Å². The third-order valence-corrected chi connectivity index (χ3v) is 4.93. The highest BCUT2D eigenvalue weighted by Gasteiger charge is 2.19. The second-order valence-electron chi connectivity index (χ2n) is 6.82. The third-order valence-electron chi connectivity index (χ3n) is 4.93. The number of likely N-dealkylation sites (N-methyl/N-ethyl adjacent to an activating group) is 1. The topological polar surface area (TPSA) is 44.8 Å². The number of benzene rings is 2. The Morgan fingerprint density at radius 2 is 1.85 bits per heavy atom. The summed E-state index contributed by atoms with van der Waals surface area (Å²) in [6.07, 6.45) is 0. The van der Waals surface area contributed by atoms with Gasteiger partial charge in [0.2, 0.25) is 5.91 Å². The lowest BCUT2D eigenvalue weighted by Gasteiger charge is -2.29. The number of halogens is 1. The molecular formula is C21H26FN3O2. The van der Waals surface area contributed by atoms with E-state index in [-0.39, 0.29) is 17.8 Å². The van der Waals surface area contributed by atoms with Gasteiger partial charge < -0.3 is 15.0 Å². The number of carbonyl (C=O) groups excluding carboxylic acids is 1. The zero-order valence-corrected chi connectivity index (χ0v) is 15.8. The third kappa shape index (κ3) is 5.05. The van der Waals surface area contributed by atoms with Crippen molar-refractivity contribution in [1.82, 2.24) is 4.90 Å². The first-order chi connectivity index (χ1) is 13.0. The molecule has 0 radical (unpaired) electrons. The highest BCUT2D eigenvalue weighted by atomic mass is 19.1. The summed E-state index contributed by atoms with van der Waals surface area (Å²) in [5.74, 6) is -0.372. The van der Waals surface area contributed by atoms with Crippen LogP contribution >= 0.6 is 0 Å². The summed E-state index contributed by atoms with van der Waals surface area (Å²) in [4.78, 5) is 16.6. The molecule has 1 N–H and O–H groups in total. The fourth-order valence-electron chi connectivity index (χ4n) is 3.06. The molecule has 0 aliphatic carbocycles. The first-order valence-electron chi connectivity index (χ1n) is 9.22. The molecule has 0 bridgehead atoms. The lowest BCUT2D eigenvalue weighted by atomic mass is 10.1. The highest BCUT2D eigenvalue weighted by molar-refractivity contribution is 5.94. The molecule has 1 saturated heterocycles. The summed E-state index contributed by atoms with van der Waals surface area (Å²) in [6, 6.07) is 14.1. The van der Waals surface area contributed by atoms with Gasteiger partial charge in [-0.15, -0.1) is 0 Å². The molecule has 1 heterocycles. The summed E-state index contributed by atoms with van der Waals surface area (Å²) >= 11 is 0.